The molecular formula is C13H14Cl2N2O. The molecule has 0 fully saturated rings. The van der Waals surface area contributed by atoms with E-state index in [1.807, 2.05) is 18.5 Å². The fourth-order valence-electron chi connectivity index (χ4n) is 1.80. The summed E-state index contributed by atoms with van der Waals surface area (Å²) in [6.07, 6.45) is 1.75. The summed E-state index contributed by atoms with van der Waals surface area (Å²) in [7, 11) is 1.87. The predicted molar refractivity (Wildman–Crippen MR) is 76.7 cm³/mol. The molecule has 18 heavy (non-hydrogen) atoms. The largest absolute Gasteiger partial charge is 0.397 e. The molecule has 0 saturated carbocycles. The molecule has 0 radical (unpaired) electrons. The molecule has 1 aromatic heterocycles. The summed E-state index contributed by atoms with van der Waals surface area (Å²) in [6.45, 7) is 1.87. The van der Waals surface area contributed by atoms with E-state index in [0.717, 1.165) is 5.69 Å². The second-order valence-electron chi connectivity index (χ2n) is 3.99. The third-order valence-corrected chi connectivity index (χ3v) is 3.10. The molecule has 0 saturated heterocycles. The van der Waals surface area contributed by atoms with Crippen molar-refractivity contribution in [1.29, 1.82) is 0 Å². The van der Waals surface area contributed by atoms with Crippen molar-refractivity contribution in [3.8, 4) is 0 Å². The first-order valence-electron chi connectivity index (χ1n) is 5.22. The number of nitrogens with two attached hydrogens (primary N) is 1. The second-order valence-corrected chi connectivity index (χ2v) is 4.43. The van der Waals surface area contributed by atoms with Gasteiger partial charge in [0.15, 0.2) is 5.78 Å². The van der Waals surface area contributed by atoms with Crippen LogP contribution >= 0.6 is 24.0 Å². The van der Waals surface area contributed by atoms with Crippen LogP contribution in [-0.2, 0) is 7.05 Å². The van der Waals surface area contributed by atoms with Gasteiger partial charge in [0.1, 0.15) is 0 Å². The third-order valence-electron chi connectivity index (χ3n) is 2.85. The van der Waals surface area contributed by atoms with Crippen LogP contribution in [0.15, 0.2) is 30.5 Å². The fourth-order valence-corrected chi connectivity index (χ4v) is 1.92. The summed E-state index contributed by atoms with van der Waals surface area (Å²) in [5.41, 5.74) is 8.37. The second kappa shape index (κ2) is 5.46. The fraction of sp³-hybridized carbons (Fsp3) is 0.154. The van der Waals surface area contributed by atoms with Crippen LogP contribution in [0.2, 0.25) is 5.02 Å². The first kappa shape index (κ1) is 14.6. The molecule has 5 heteroatoms. The lowest BCUT2D eigenvalue weighted by molar-refractivity contribution is 0.103. The van der Waals surface area contributed by atoms with Gasteiger partial charge in [-0.1, -0.05) is 11.6 Å². The number of rotatable bonds is 2. The van der Waals surface area contributed by atoms with Crippen LogP contribution in [-0.4, -0.2) is 10.4 Å². The van der Waals surface area contributed by atoms with Crippen LogP contribution in [0.1, 0.15) is 21.6 Å². The number of nitrogen functional groups attached to an aromatic ring is 1. The van der Waals surface area contributed by atoms with Crippen molar-refractivity contribution in [2.75, 3.05) is 5.73 Å². The Kier molecular flexibility index (Phi) is 4.43. The molecule has 0 spiro atoms. The number of hydrogen-bond donors (Lipinski definition) is 1. The number of aryl methyl sites for hydroxylation is 1. The monoisotopic (exact) mass is 284 g/mol. The van der Waals surface area contributed by atoms with Crippen LogP contribution in [0.3, 0.4) is 0 Å². The molecule has 2 N–H and O–H groups in total. The number of aromatic nitrogens is 1. The van der Waals surface area contributed by atoms with Crippen molar-refractivity contribution >= 4 is 35.5 Å². The average molecular weight is 285 g/mol. The van der Waals surface area contributed by atoms with Gasteiger partial charge in [-0.05, 0) is 31.2 Å². The van der Waals surface area contributed by atoms with Gasteiger partial charge in [-0.3, -0.25) is 4.79 Å². The maximum atomic E-state index is 12.3. The lowest BCUT2D eigenvalue weighted by atomic mass is 10.0. The zero-order valence-electron chi connectivity index (χ0n) is 10.1. The number of carbonyl (C=O) groups excluding carboxylic acids is 1. The summed E-state index contributed by atoms with van der Waals surface area (Å²) >= 11 is 5.79. The highest BCUT2D eigenvalue weighted by molar-refractivity contribution is 6.30. The normalized spacial score (nSPS) is 9.94. The molecule has 0 aliphatic heterocycles. The van der Waals surface area contributed by atoms with E-state index in [2.05, 4.69) is 0 Å². The van der Waals surface area contributed by atoms with Gasteiger partial charge in [-0.2, -0.15) is 0 Å². The van der Waals surface area contributed by atoms with Crippen molar-refractivity contribution < 1.29 is 4.79 Å². The number of ketones is 1. The van der Waals surface area contributed by atoms with Gasteiger partial charge in [0.05, 0.1) is 11.3 Å². The van der Waals surface area contributed by atoms with Gasteiger partial charge in [0.2, 0.25) is 0 Å². The van der Waals surface area contributed by atoms with Gasteiger partial charge in [0, 0.05) is 29.5 Å². The van der Waals surface area contributed by atoms with Crippen molar-refractivity contribution in [3.05, 3.63) is 52.3 Å². The van der Waals surface area contributed by atoms with Crippen LogP contribution in [0.25, 0.3) is 0 Å². The van der Waals surface area contributed by atoms with E-state index in [1.54, 1.807) is 30.5 Å². The number of hydrogen-bond acceptors (Lipinski definition) is 2. The standard InChI is InChI=1S/C13H13ClN2O.ClH/c1-8-12(11(15)7-16(8)2)13(17)9-3-5-10(14)6-4-9;/h3-7H,15H2,1-2H3;1H. The molecular weight excluding hydrogens is 271 g/mol. The molecule has 3 nitrogen and oxygen atoms in total. The average Bonchev–Trinajstić information content (AvgIpc) is 2.53. The summed E-state index contributed by atoms with van der Waals surface area (Å²) in [5, 5.41) is 0.610. The summed E-state index contributed by atoms with van der Waals surface area (Å²) in [4.78, 5) is 12.3. The molecule has 2 aromatic rings. The number of nitrogens with zero attached hydrogens (tertiary/aromatic N) is 1. The Bertz CT molecular complexity index is 573. The molecule has 0 unspecified atom stereocenters. The van der Waals surface area contributed by atoms with Gasteiger partial charge in [0.25, 0.3) is 0 Å². The Hall–Kier alpha value is -1.45. The van der Waals surface area contributed by atoms with E-state index >= 15 is 0 Å². The smallest absolute Gasteiger partial charge is 0.196 e. The molecule has 0 aliphatic carbocycles. The Balaban J connectivity index is 0.00000162. The maximum absolute atomic E-state index is 12.3. The Labute approximate surface area is 117 Å². The van der Waals surface area contributed by atoms with Crippen LogP contribution in [0.4, 0.5) is 5.69 Å². The Morgan fingerprint density at radius 3 is 2.28 bits per heavy atom. The quantitative estimate of drug-likeness (QED) is 0.861. The van der Waals surface area contributed by atoms with E-state index in [1.165, 1.54) is 0 Å². The van der Waals surface area contributed by atoms with Crippen LogP contribution in [0.5, 0.6) is 0 Å². The predicted octanol–water partition coefficient (Wildman–Crippen LogP) is 3.22. The van der Waals surface area contributed by atoms with Gasteiger partial charge in [-0.15, -0.1) is 12.4 Å². The zero-order valence-corrected chi connectivity index (χ0v) is 11.7. The van der Waals surface area contributed by atoms with Crippen molar-refractivity contribution in [3.63, 3.8) is 0 Å². The topological polar surface area (TPSA) is 48.0 Å². The highest BCUT2D eigenvalue weighted by atomic mass is 35.5. The minimum Gasteiger partial charge on any atom is -0.397 e. The lowest BCUT2D eigenvalue weighted by Crippen LogP contribution is -2.05. The van der Waals surface area contributed by atoms with Crippen LogP contribution < -0.4 is 5.73 Å². The van der Waals surface area contributed by atoms with Crippen molar-refractivity contribution in [1.82, 2.24) is 4.57 Å². The summed E-state index contributed by atoms with van der Waals surface area (Å²) in [5.74, 6) is -0.0720. The SMILES string of the molecule is Cc1c(C(=O)c2ccc(Cl)cc2)c(N)cn1C.Cl. The summed E-state index contributed by atoms with van der Waals surface area (Å²) in [6, 6.07) is 6.81. The molecule has 0 aliphatic rings. The first-order chi connectivity index (χ1) is 8.00. The highest BCUT2D eigenvalue weighted by Crippen LogP contribution is 2.22. The van der Waals surface area contributed by atoms with Gasteiger partial charge < -0.3 is 10.3 Å². The third kappa shape index (κ3) is 2.52. The number of anilines is 1. The number of halogens is 2. The van der Waals surface area contributed by atoms with Crippen molar-refractivity contribution in [2.24, 2.45) is 7.05 Å². The molecule has 2 rings (SSSR count). The maximum Gasteiger partial charge on any atom is 0.196 e. The van der Waals surface area contributed by atoms with Gasteiger partial charge in [-0.25, -0.2) is 0 Å². The highest BCUT2D eigenvalue weighted by Gasteiger charge is 2.17. The van der Waals surface area contributed by atoms with E-state index in [-0.39, 0.29) is 18.2 Å². The lowest BCUT2D eigenvalue weighted by Gasteiger charge is -2.03. The Morgan fingerprint density at radius 1 is 1.28 bits per heavy atom. The minimum absolute atomic E-state index is 0. The summed E-state index contributed by atoms with van der Waals surface area (Å²) < 4.78 is 1.85. The number of carbonyl (C=O) groups is 1. The molecule has 0 bridgehead atoms. The van der Waals surface area contributed by atoms with E-state index in [9.17, 15) is 4.79 Å². The van der Waals surface area contributed by atoms with Crippen molar-refractivity contribution in [2.45, 2.75) is 6.92 Å². The molecule has 96 valence electrons. The molecule has 1 aromatic carbocycles. The van der Waals surface area contributed by atoms with E-state index < -0.39 is 0 Å². The molecule has 0 amide bonds. The van der Waals surface area contributed by atoms with E-state index in [4.69, 9.17) is 17.3 Å². The van der Waals surface area contributed by atoms with Crippen LogP contribution in [0, 0.1) is 6.92 Å². The zero-order chi connectivity index (χ0) is 12.6. The number of benzene rings is 1. The minimum atomic E-state index is -0.0720. The molecule has 0 atom stereocenters. The van der Waals surface area contributed by atoms with E-state index in [0.29, 0.717) is 21.8 Å². The van der Waals surface area contributed by atoms with Gasteiger partial charge >= 0.3 is 0 Å². The first-order valence-corrected chi connectivity index (χ1v) is 5.60. The molecule has 1 heterocycles. The Morgan fingerprint density at radius 2 is 1.83 bits per heavy atom.